The first-order chi connectivity index (χ1) is 8.22. The highest BCUT2D eigenvalue weighted by Gasteiger charge is 2.32. The van der Waals surface area contributed by atoms with Gasteiger partial charge in [-0.05, 0) is 12.3 Å². The first-order valence-corrected chi connectivity index (χ1v) is 6.06. The molecule has 0 aromatic heterocycles. The zero-order valence-electron chi connectivity index (χ0n) is 11.5. The van der Waals surface area contributed by atoms with Crippen molar-refractivity contribution in [1.29, 1.82) is 0 Å². The molecule has 0 saturated carbocycles. The molecule has 6 heteroatoms. The number of carbonyl (C=O) groups excluding carboxylic acids is 1. The molecule has 0 aliphatic rings. The minimum Gasteiger partial charge on any atom is -0.480 e. The number of rotatable bonds is 7. The Bertz CT molecular complexity index is 286. The molecular formula is C12H24N2O4. The van der Waals surface area contributed by atoms with Gasteiger partial charge >= 0.3 is 5.97 Å². The molecule has 0 aromatic carbocycles. The smallest absolute Gasteiger partial charge is 0.326 e. The average Bonchev–Trinajstić information content (AvgIpc) is 2.23. The minimum atomic E-state index is -1.04. The summed E-state index contributed by atoms with van der Waals surface area (Å²) in [5.41, 5.74) is 4.91. The summed E-state index contributed by atoms with van der Waals surface area (Å²) >= 11 is 0. The van der Waals surface area contributed by atoms with Gasteiger partial charge < -0.3 is 20.9 Å². The number of hydrogen-bond acceptors (Lipinski definition) is 4. The van der Waals surface area contributed by atoms with Crippen LogP contribution in [0, 0.1) is 5.41 Å². The van der Waals surface area contributed by atoms with E-state index >= 15 is 0 Å². The Balaban J connectivity index is 4.48. The van der Waals surface area contributed by atoms with Gasteiger partial charge in [0.25, 0.3) is 0 Å². The summed E-state index contributed by atoms with van der Waals surface area (Å²) < 4.78 is 5.26. The van der Waals surface area contributed by atoms with Crippen LogP contribution in [0.5, 0.6) is 0 Å². The third kappa shape index (κ3) is 5.97. The van der Waals surface area contributed by atoms with Crippen LogP contribution in [0.25, 0.3) is 0 Å². The molecule has 106 valence electrons. The highest BCUT2D eigenvalue weighted by atomic mass is 16.5. The summed E-state index contributed by atoms with van der Waals surface area (Å²) in [5.74, 6) is -1.40. The van der Waals surface area contributed by atoms with Gasteiger partial charge in [-0.25, -0.2) is 4.79 Å². The molecule has 2 atom stereocenters. The molecule has 0 radical (unpaired) electrons. The predicted molar refractivity (Wildman–Crippen MR) is 68.1 cm³/mol. The van der Waals surface area contributed by atoms with E-state index in [4.69, 9.17) is 15.6 Å². The maximum absolute atomic E-state index is 11.7. The van der Waals surface area contributed by atoms with E-state index < -0.39 is 17.4 Å². The highest BCUT2D eigenvalue weighted by molar-refractivity contribution is 5.84. The van der Waals surface area contributed by atoms with Crippen LogP contribution >= 0.6 is 0 Å². The Morgan fingerprint density at radius 3 is 2.28 bits per heavy atom. The van der Waals surface area contributed by atoms with Crippen LogP contribution in [-0.4, -0.2) is 42.3 Å². The van der Waals surface area contributed by atoms with Crippen LogP contribution in [0.15, 0.2) is 0 Å². The van der Waals surface area contributed by atoms with E-state index in [0.717, 1.165) is 0 Å². The molecule has 0 rings (SSSR count). The number of carboxylic acid groups (broad SMARTS) is 1. The molecule has 0 fully saturated rings. The Morgan fingerprint density at radius 1 is 1.39 bits per heavy atom. The lowest BCUT2D eigenvalue weighted by atomic mass is 9.86. The quantitative estimate of drug-likeness (QED) is 0.613. The fourth-order valence-electron chi connectivity index (χ4n) is 1.52. The first-order valence-electron chi connectivity index (χ1n) is 6.06. The molecular weight excluding hydrogens is 236 g/mol. The van der Waals surface area contributed by atoms with Crippen molar-refractivity contribution >= 4 is 11.9 Å². The summed E-state index contributed by atoms with van der Waals surface area (Å²) in [4.78, 5) is 22.8. The first kappa shape index (κ1) is 16.9. The molecule has 1 unspecified atom stereocenters. The van der Waals surface area contributed by atoms with E-state index in [1.807, 2.05) is 6.92 Å². The van der Waals surface area contributed by atoms with E-state index in [2.05, 4.69) is 5.32 Å². The maximum atomic E-state index is 11.7. The third-order valence-corrected chi connectivity index (χ3v) is 2.50. The van der Waals surface area contributed by atoms with Crippen molar-refractivity contribution in [3.8, 4) is 0 Å². The Kier molecular flexibility index (Phi) is 6.86. The van der Waals surface area contributed by atoms with E-state index in [9.17, 15) is 9.59 Å². The van der Waals surface area contributed by atoms with Crippen LogP contribution in [0.3, 0.4) is 0 Å². The molecule has 18 heavy (non-hydrogen) atoms. The number of nitrogens with two attached hydrogens (primary N) is 1. The number of amides is 1. The number of hydrogen-bond donors (Lipinski definition) is 3. The van der Waals surface area contributed by atoms with E-state index in [-0.39, 0.29) is 25.0 Å². The fraction of sp³-hybridized carbons (Fsp3) is 0.833. The van der Waals surface area contributed by atoms with Crippen molar-refractivity contribution in [2.75, 3.05) is 13.2 Å². The Labute approximate surface area is 108 Å². The lowest BCUT2D eigenvalue weighted by molar-refractivity contribution is -0.145. The van der Waals surface area contributed by atoms with Crippen LogP contribution in [0.1, 0.15) is 34.1 Å². The van der Waals surface area contributed by atoms with Gasteiger partial charge in [0.2, 0.25) is 5.91 Å². The molecule has 1 amide bonds. The summed E-state index contributed by atoms with van der Waals surface area (Å²) in [5, 5.41) is 11.6. The van der Waals surface area contributed by atoms with Gasteiger partial charge in [0.05, 0.1) is 12.5 Å². The standard InChI is InChI=1S/C12H24N2O4/c1-5-18-8(7-13)6-9(15)14-10(11(16)17)12(2,3)4/h8,10H,5-7,13H2,1-4H3,(H,14,15)(H,16,17)/t8?,10-/m0/s1. The Morgan fingerprint density at radius 2 is 1.94 bits per heavy atom. The maximum Gasteiger partial charge on any atom is 0.326 e. The normalized spacial score (nSPS) is 14.9. The summed E-state index contributed by atoms with van der Waals surface area (Å²) in [6.07, 6.45) is -0.297. The minimum absolute atomic E-state index is 0.0736. The highest BCUT2D eigenvalue weighted by Crippen LogP contribution is 2.19. The van der Waals surface area contributed by atoms with Crippen LogP contribution in [-0.2, 0) is 14.3 Å². The molecule has 6 nitrogen and oxygen atoms in total. The van der Waals surface area contributed by atoms with Crippen molar-refractivity contribution in [2.24, 2.45) is 11.1 Å². The van der Waals surface area contributed by atoms with Gasteiger partial charge in [0, 0.05) is 13.2 Å². The predicted octanol–water partition coefficient (Wildman–Crippen LogP) is 0.356. The molecule has 0 heterocycles. The summed E-state index contributed by atoms with van der Waals surface area (Å²) in [7, 11) is 0. The fourth-order valence-corrected chi connectivity index (χ4v) is 1.52. The van der Waals surface area contributed by atoms with Gasteiger partial charge in [0.1, 0.15) is 6.04 Å². The Hall–Kier alpha value is -1.14. The molecule has 0 bridgehead atoms. The van der Waals surface area contributed by atoms with Crippen molar-refractivity contribution in [3.63, 3.8) is 0 Å². The van der Waals surface area contributed by atoms with Crippen molar-refractivity contribution in [2.45, 2.75) is 46.3 Å². The number of ether oxygens (including phenoxy) is 1. The van der Waals surface area contributed by atoms with E-state index in [0.29, 0.717) is 6.61 Å². The summed E-state index contributed by atoms with van der Waals surface area (Å²) in [6, 6.07) is -0.926. The second kappa shape index (κ2) is 7.33. The van der Waals surface area contributed by atoms with Crippen molar-refractivity contribution < 1.29 is 19.4 Å². The number of nitrogens with one attached hydrogen (secondary N) is 1. The largest absolute Gasteiger partial charge is 0.480 e. The zero-order chi connectivity index (χ0) is 14.3. The van der Waals surface area contributed by atoms with Gasteiger partial charge in [0.15, 0.2) is 0 Å². The molecule has 0 aliphatic carbocycles. The van der Waals surface area contributed by atoms with Gasteiger partial charge in [-0.3, -0.25) is 4.79 Å². The lowest BCUT2D eigenvalue weighted by Gasteiger charge is -2.28. The second-order valence-electron chi connectivity index (χ2n) is 5.22. The molecule has 0 saturated heterocycles. The molecule has 0 spiro atoms. The van der Waals surface area contributed by atoms with Gasteiger partial charge in [-0.2, -0.15) is 0 Å². The SMILES string of the molecule is CCOC(CN)CC(=O)N[C@@H](C(=O)O)C(C)(C)C. The topological polar surface area (TPSA) is 102 Å². The van der Waals surface area contributed by atoms with Crippen LogP contribution in [0.2, 0.25) is 0 Å². The van der Waals surface area contributed by atoms with Gasteiger partial charge in [-0.1, -0.05) is 20.8 Å². The number of aliphatic carboxylic acids is 1. The monoisotopic (exact) mass is 260 g/mol. The van der Waals surface area contributed by atoms with E-state index in [1.54, 1.807) is 20.8 Å². The number of carbonyl (C=O) groups is 2. The second-order valence-corrected chi connectivity index (χ2v) is 5.22. The number of carboxylic acids is 1. The van der Waals surface area contributed by atoms with Crippen molar-refractivity contribution in [3.05, 3.63) is 0 Å². The zero-order valence-corrected chi connectivity index (χ0v) is 11.5. The average molecular weight is 260 g/mol. The summed E-state index contributed by atoms with van der Waals surface area (Å²) in [6.45, 7) is 7.79. The molecule has 4 N–H and O–H groups in total. The van der Waals surface area contributed by atoms with E-state index in [1.165, 1.54) is 0 Å². The van der Waals surface area contributed by atoms with Gasteiger partial charge in [-0.15, -0.1) is 0 Å². The van der Waals surface area contributed by atoms with Crippen molar-refractivity contribution in [1.82, 2.24) is 5.32 Å². The third-order valence-electron chi connectivity index (χ3n) is 2.50. The van der Waals surface area contributed by atoms with Crippen LogP contribution in [0.4, 0.5) is 0 Å². The lowest BCUT2D eigenvalue weighted by Crippen LogP contribution is -2.50. The molecule has 0 aliphatic heterocycles. The van der Waals surface area contributed by atoms with Crippen LogP contribution < -0.4 is 11.1 Å². The molecule has 0 aromatic rings.